The van der Waals surface area contributed by atoms with Gasteiger partial charge in [-0.1, -0.05) is 24.3 Å². The third-order valence-corrected chi connectivity index (χ3v) is 12.7. The number of hydrogen-bond acceptors (Lipinski definition) is 12. The first-order valence-electron chi connectivity index (χ1n) is 21.3. The van der Waals surface area contributed by atoms with Crippen LogP contribution >= 0.6 is 0 Å². The molecule has 16 heteroatoms. The zero-order valence-corrected chi connectivity index (χ0v) is 36.2. The number of carboxylic acids is 1. The predicted molar refractivity (Wildman–Crippen MR) is 236 cm³/mol. The van der Waals surface area contributed by atoms with Crippen LogP contribution in [0, 0.1) is 12.8 Å². The molecule has 1 saturated carbocycles. The van der Waals surface area contributed by atoms with Gasteiger partial charge >= 0.3 is 5.97 Å². The van der Waals surface area contributed by atoms with Crippen LogP contribution in [-0.4, -0.2) is 110 Å². The molecule has 1 aliphatic heterocycles. The summed E-state index contributed by atoms with van der Waals surface area (Å²) in [4.78, 5) is 28.7. The van der Waals surface area contributed by atoms with Gasteiger partial charge in [-0.3, -0.25) is 19.6 Å². The summed E-state index contributed by atoms with van der Waals surface area (Å²) in [6.45, 7) is 3.91. The molecular formula is C47H54F2N8O6. The number of nitrogens with one attached hydrogen (secondary N) is 1. The summed E-state index contributed by atoms with van der Waals surface area (Å²) >= 11 is 0. The second-order valence-corrected chi connectivity index (χ2v) is 16.8. The lowest BCUT2D eigenvalue weighted by Crippen LogP contribution is -2.47. The molecule has 6 aromatic rings. The average Bonchev–Trinajstić information content (AvgIpc) is 3.72. The molecule has 0 amide bonds. The van der Waals surface area contributed by atoms with E-state index in [9.17, 15) is 23.8 Å². The van der Waals surface area contributed by atoms with Crippen molar-refractivity contribution < 1.29 is 38.0 Å². The number of alkyl halides is 2. The van der Waals surface area contributed by atoms with E-state index in [1.807, 2.05) is 80.4 Å². The van der Waals surface area contributed by atoms with Crippen LogP contribution in [0.1, 0.15) is 67.5 Å². The summed E-state index contributed by atoms with van der Waals surface area (Å²) in [6.07, 6.45) is 4.53. The highest BCUT2D eigenvalue weighted by molar-refractivity contribution is 5.97. The zero-order chi connectivity index (χ0) is 44.4. The highest BCUT2D eigenvalue weighted by Gasteiger charge is 2.30. The number of anilines is 2. The highest BCUT2D eigenvalue weighted by Crippen LogP contribution is 2.39. The Morgan fingerprint density at radius 3 is 2.38 bits per heavy atom. The van der Waals surface area contributed by atoms with Crippen LogP contribution in [0.4, 0.5) is 20.3 Å². The van der Waals surface area contributed by atoms with E-state index in [1.165, 1.54) is 0 Å². The number of benzene rings is 3. The van der Waals surface area contributed by atoms with Crippen molar-refractivity contribution >= 4 is 39.4 Å². The molecule has 3 aromatic heterocycles. The Morgan fingerprint density at radius 1 is 0.952 bits per heavy atom. The standard InChI is InChI=1S/C47H54F2N8O6/c1-27-32(33-9-7-11-38-34(33)23-51-57(38)31-20-41(61-4)35(42(21-31)62-5)25-56(3)39-16-17-63-26-40(39)58)8-6-10-36(27)52-46-44-37(53-47(54-46)45(48)49)18-29(22-50-44)24-55(2)30-14-12-28(13-15-30)19-43(59)60/h6-11,18,20-23,28,30,39-40,45,58H,12-17,19,24-26H2,1-5H3,(H,59,60)(H,52,53,54)/t28?,30?,39-,40+/m1/s1. The first-order chi connectivity index (χ1) is 30.4. The molecule has 8 rings (SSSR count). The number of fused-ring (bicyclic) bond motifs is 2. The average molecular weight is 865 g/mol. The predicted octanol–water partition coefficient (Wildman–Crippen LogP) is 8.08. The molecule has 2 aliphatic rings. The molecule has 0 radical (unpaired) electrons. The van der Waals surface area contributed by atoms with Crippen LogP contribution in [-0.2, 0) is 22.6 Å². The molecule has 3 aromatic carbocycles. The third-order valence-electron chi connectivity index (χ3n) is 12.7. The molecule has 2 atom stereocenters. The molecule has 332 valence electrons. The van der Waals surface area contributed by atoms with E-state index in [1.54, 1.807) is 26.5 Å². The van der Waals surface area contributed by atoms with Crippen molar-refractivity contribution in [1.82, 2.24) is 34.5 Å². The molecule has 1 saturated heterocycles. The van der Waals surface area contributed by atoms with Gasteiger partial charge in [0, 0.05) is 67.6 Å². The van der Waals surface area contributed by atoms with Gasteiger partial charge in [-0.05, 0) is 99.5 Å². The van der Waals surface area contributed by atoms with Crippen molar-refractivity contribution in [3.8, 4) is 28.3 Å². The number of aliphatic hydroxyl groups is 1. The number of hydrogen-bond donors (Lipinski definition) is 3. The molecule has 1 aliphatic carbocycles. The SMILES string of the molecule is COc1cc(-n2ncc3c(-c4cccc(Nc5nc(C(F)F)nc6cc(CN(C)C7CCC(CC(=O)O)CC7)cnc56)c4C)cccc32)cc(OC)c1CN(C)[C@@H]1CCOC[C@@H]1O. The lowest BCUT2D eigenvalue weighted by Gasteiger charge is -2.35. The maximum absolute atomic E-state index is 14.3. The van der Waals surface area contributed by atoms with E-state index in [0.717, 1.165) is 76.5 Å². The summed E-state index contributed by atoms with van der Waals surface area (Å²) in [6, 6.07) is 17.7. The van der Waals surface area contributed by atoms with Crippen molar-refractivity contribution in [3.63, 3.8) is 0 Å². The number of likely N-dealkylation sites (N-methyl/N-ethyl adjacent to an activating group) is 1. The number of aliphatic carboxylic acids is 1. The Morgan fingerprint density at radius 2 is 1.68 bits per heavy atom. The number of ether oxygens (including phenoxy) is 3. The van der Waals surface area contributed by atoms with Crippen molar-refractivity contribution in [2.45, 2.75) is 83.2 Å². The van der Waals surface area contributed by atoms with Crippen molar-refractivity contribution in [1.29, 1.82) is 0 Å². The van der Waals surface area contributed by atoms with Crippen molar-refractivity contribution in [3.05, 3.63) is 89.5 Å². The van der Waals surface area contributed by atoms with Gasteiger partial charge < -0.3 is 29.7 Å². The molecule has 0 unspecified atom stereocenters. The van der Waals surface area contributed by atoms with Crippen LogP contribution in [0.25, 0.3) is 38.8 Å². The van der Waals surface area contributed by atoms with E-state index >= 15 is 0 Å². The fourth-order valence-electron chi connectivity index (χ4n) is 9.33. The number of carboxylic acid groups (broad SMARTS) is 1. The number of rotatable bonds is 15. The second kappa shape index (κ2) is 18.9. The maximum atomic E-state index is 14.3. The maximum Gasteiger partial charge on any atom is 0.303 e. The van der Waals surface area contributed by atoms with E-state index < -0.39 is 24.3 Å². The highest BCUT2D eigenvalue weighted by atomic mass is 19.3. The van der Waals surface area contributed by atoms with Crippen LogP contribution in [0.15, 0.2) is 67.0 Å². The Kier molecular flexibility index (Phi) is 13.1. The van der Waals surface area contributed by atoms with Crippen LogP contribution in [0.3, 0.4) is 0 Å². The Labute approximate surface area is 364 Å². The third kappa shape index (κ3) is 9.30. The number of pyridine rings is 1. The minimum absolute atomic E-state index is 0.0620. The number of aliphatic hydroxyl groups excluding tert-OH is 1. The van der Waals surface area contributed by atoms with Crippen LogP contribution < -0.4 is 14.8 Å². The van der Waals surface area contributed by atoms with Crippen LogP contribution in [0.2, 0.25) is 0 Å². The Hall–Kier alpha value is -5.81. The van der Waals surface area contributed by atoms with E-state index in [2.05, 4.69) is 25.1 Å². The second-order valence-electron chi connectivity index (χ2n) is 16.8. The number of halogens is 2. The summed E-state index contributed by atoms with van der Waals surface area (Å²) in [5.74, 6) is 0.293. The van der Waals surface area contributed by atoms with E-state index in [-0.39, 0.29) is 30.2 Å². The molecule has 4 heterocycles. The summed E-state index contributed by atoms with van der Waals surface area (Å²) < 4.78 is 47.7. The van der Waals surface area contributed by atoms with Crippen molar-refractivity contribution in [2.75, 3.05) is 46.8 Å². The molecule has 0 spiro atoms. The Bertz CT molecular complexity index is 2570. The molecule has 0 bridgehead atoms. The first-order valence-corrected chi connectivity index (χ1v) is 21.3. The van der Waals surface area contributed by atoms with E-state index in [4.69, 9.17) is 24.3 Å². The summed E-state index contributed by atoms with van der Waals surface area (Å²) in [5.41, 5.74) is 7.35. The summed E-state index contributed by atoms with van der Waals surface area (Å²) in [5, 5.41) is 28.9. The van der Waals surface area contributed by atoms with Gasteiger partial charge in [0.2, 0.25) is 0 Å². The van der Waals surface area contributed by atoms with Gasteiger partial charge in [0.05, 0.1) is 55.4 Å². The van der Waals surface area contributed by atoms with Gasteiger partial charge in [0.25, 0.3) is 6.43 Å². The number of carbonyl (C=O) groups is 1. The van der Waals surface area contributed by atoms with Gasteiger partial charge in [0.1, 0.15) is 17.0 Å². The van der Waals surface area contributed by atoms with Gasteiger partial charge in [0.15, 0.2) is 11.6 Å². The van der Waals surface area contributed by atoms with Crippen LogP contribution in [0.5, 0.6) is 11.5 Å². The topological polar surface area (TPSA) is 160 Å². The molecule has 14 nitrogen and oxygen atoms in total. The van der Waals surface area contributed by atoms with Gasteiger partial charge in [-0.15, -0.1) is 0 Å². The minimum atomic E-state index is -2.90. The lowest BCUT2D eigenvalue weighted by molar-refractivity contribution is -0.138. The lowest BCUT2D eigenvalue weighted by atomic mass is 9.83. The monoisotopic (exact) mass is 864 g/mol. The fourth-order valence-corrected chi connectivity index (χ4v) is 9.33. The Balaban J connectivity index is 1.06. The zero-order valence-electron chi connectivity index (χ0n) is 36.2. The summed E-state index contributed by atoms with van der Waals surface area (Å²) in [7, 11) is 7.26. The fraction of sp³-hybridized carbons (Fsp3) is 0.426. The normalized spacial score (nSPS) is 19.3. The van der Waals surface area contributed by atoms with E-state index in [0.29, 0.717) is 54.5 Å². The molecule has 3 N–H and O–H groups in total. The van der Waals surface area contributed by atoms with Crippen molar-refractivity contribution in [2.24, 2.45) is 5.92 Å². The number of nitrogens with zero attached hydrogens (tertiary/aromatic N) is 7. The minimum Gasteiger partial charge on any atom is -0.496 e. The smallest absolute Gasteiger partial charge is 0.303 e. The quantitative estimate of drug-likeness (QED) is 0.0910. The molecule has 2 fully saturated rings. The molecule has 63 heavy (non-hydrogen) atoms. The largest absolute Gasteiger partial charge is 0.496 e. The number of aromatic nitrogens is 5. The van der Waals surface area contributed by atoms with Gasteiger partial charge in [-0.25, -0.2) is 23.4 Å². The number of methoxy groups -OCH3 is 2. The first kappa shape index (κ1) is 43.8. The van der Waals surface area contributed by atoms with Gasteiger partial charge in [-0.2, -0.15) is 5.10 Å². The molecular weight excluding hydrogens is 811 g/mol.